The summed E-state index contributed by atoms with van der Waals surface area (Å²) in [5, 5.41) is 14.0. The standard InChI is InChI=1S/C9H16N4O3/c10-6(14)5-12-8(15)9(7(11)13-16)3-1-2-4-9/h16H,1-5H2,(H2,10,14)(H2,11,13)(H,12,15). The van der Waals surface area contributed by atoms with E-state index in [9.17, 15) is 9.59 Å². The fourth-order valence-electron chi connectivity index (χ4n) is 2.01. The Kier molecular flexibility index (Phi) is 3.70. The van der Waals surface area contributed by atoms with E-state index in [-0.39, 0.29) is 12.4 Å². The highest BCUT2D eigenvalue weighted by molar-refractivity contribution is 6.07. The molecule has 0 aromatic carbocycles. The van der Waals surface area contributed by atoms with E-state index in [0.29, 0.717) is 12.8 Å². The highest BCUT2D eigenvalue weighted by Gasteiger charge is 2.45. The molecule has 2 amide bonds. The van der Waals surface area contributed by atoms with Crippen LogP contribution in [0.4, 0.5) is 0 Å². The van der Waals surface area contributed by atoms with E-state index in [4.69, 9.17) is 16.7 Å². The molecule has 0 spiro atoms. The molecule has 0 aromatic rings. The molecule has 1 fully saturated rings. The minimum Gasteiger partial charge on any atom is -0.409 e. The fourth-order valence-corrected chi connectivity index (χ4v) is 2.01. The summed E-state index contributed by atoms with van der Waals surface area (Å²) in [6.07, 6.45) is 2.71. The molecule has 0 atom stereocenters. The number of carbonyl (C=O) groups excluding carboxylic acids is 2. The number of amidine groups is 1. The quantitative estimate of drug-likeness (QED) is 0.210. The highest BCUT2D eigenvalue weighted by atomic mass is 16.4. The Balaban J connectivity index is 2.78. The molecule has 7 nitrogen and oxygen atoms in total. The average molecular weight is 228 g/mol. The van der Waals surface area contributed by atoms with Crippen molar-refractivity contribution >= 4 is 17.6 Å². The van der Waals surface area contributed by atoms with Gasteiger partial charge in [-0.1, -0.05) is 18.0 Å². The molecule has 0 radical (unpaired) electrons. The number of nitrogens with one attached hydrogen (secondary N) is 1. The Labute approximate surface area is 92.8 Å². The predicted molar refractivity (Wildman–Crippen MR) is 56.5 cm³/mol. The van der Waals surface area contributed by atoms with Crippen molar-refractivity contribution in [1.29, 1.82) is 0 Å². The number of primary amides is 1. The largest absolute Gasteiger partial charge is 0.409 e. The van der Waals surface area contributed by atoms with Gasteiger partial charge in [-0.25, -0.2) is 0 Å². The summed E-state index contributed by atoms with van der Waals surface area (Å²) in [6.45, 7) is -0.237. The van der Waals surface area contributed by atoms with E-state index >= 15 is 0 Å². The van der Waals surface area contributed by atoms with E-state index in [1.165, 1.54) is 0 Å². The summed E-state index contributed by atoms with van der Waals surface area (Å²) >= 11 is 0. The number of nitrogens with two attached hydrogens (primary N) is 2. The van der Waals surface area contributed by atoms with Crippen LogP contribution in [0.15, 0.2) is 5.16 Å². The van der Waals surface area contributed by atoms with Gasteiger partial charge in [-0.15, -0.1) is 0 Å². The van der Waals surface area contributed by atoms with Gasteiger partial charge < -0.3 is 22.0 Å². The Morgan fingerprint density at radius 3 is 2.31 bits per heavy atom. The third-order valence-corrected chi connectivity index (χ3v) is 2.91. The van der Waals surface area contributed by atoms with Gasteiger partial charge in [0.2, 0.25) is 11.8 Å². The molecule has 16 heavy (non-hydrogen) atoms. The topological polar surface area (TPSA) is 131 Å². The van der Waals surface area contributed by atoms with Crippen LogP contribution in [0.5, 0.6) is 0 Å². The van der Waals surface area contributed by atoms with Crippen LogP contribution < -0.4 is 16.8 Å². The van der Waals surface area contributed by atoms with Gasteiger partial charge in [0.25, 0.3) is 0 Å². The zero-order valence-corrected chi connectivity index (χ0v) is 8.90. The number of carbonyl (C=O) groups is 2. The molecular formula is C9H16N4O3. The van der Waals surface area contributed by atoms with E-state index in [1.807, 2.05) is 0 Å². The summed E-state index contributed by atoms with van der Waals surface area (Å²) in [7, 11) is 0. The van der Waals surface area contributed by atoms with Crippen LogP contribution >= 0.6 is 0 Å². The summed E-state index contributed by atoms with van der Waals surface area (Å²) < 4.78 is 0. The van der Waals surface area contributed by atoms with Crippen molar-refractivity contribution in [3.63, 3.8) is 0 Å². The van der Waals surface area contributed by atoms with E-state index in [0.717, 1.165) is 12.8 Å². The van der Waals surface area contributed by atoms with Gasteiger partial charge in [-0.2, -0.15) is 0 Å². The first kappa shape index (κ1) is 12.3. The van der Waals surface area contributed by atoms with Crippen LogP contribution in [-0.4, -0.2) is 29.4 Å². The zero-order valence-electron chi connectivity index (χ0n) is 8.90. The fraction of sp³-hybridized carbons (Fsp3) is 0.667. The van der Waals surface area contributed by atoms with Crippen molar-refractivity contribution in [1.82, 2.24) is 5.32 Å². The summed E-state index contributed by atoms with van der Waals surface area (Å²) in [5.41, 5.74) is 9.49. The molecule has 6 N–H and O–H groups in total. The maximum absolute atomic E-state index is 11.9. The van der Waals surface area contributed by atoms with Gasteiger partial charge in [0.05, 0.1) is 6.54 Å². The Bertz CT molecular complexity index is 321. The van der Waals surface area contributed by atoms with Crippen LogP contribution in [0.1, 0.15) is 25.7 Å². The maximum Gasteiger partial charge on any atom is 0.236 e. The van der Waals surface area contributed by atoms with Gasteiger partial charge in [0.1, 0.15) is 5.41 Å². The SMILES string of the molecule is NC(=O)CNC(=O)C1(C(N)=NO)CCCC1. The van der Waals surface area contributed by atoms with Crippen LogP contribution in [0.25, 0.3) is 0 Å². The molecule has 0 aromatic heterocycles. The predicted octanol–water partition coefficient (Wildman–Crippen LogP) is -1.11. The highest BCUT2D eigenvalue weighted by Crippen LogP contribution is 2.38. The van der Waals surface area contributed by atoms with Crippen molar-refractivity contribution < 1.29 is 14.8 Å². The monoisotopic (exact) mass is 228 g/mol. The summed E-state index contributed by atoms with van der Waals surface area (Å²) in [4.78, 5) is 22.4. The Morgan fingerprint density at radius 1 is 1.31 bits per heavy atom. The lowest BCUT2D eigenvalue weighted by Gasteiger charge is -2.25. The number of hydrogen-bond donors (Lipinski definition) is 4. The third-order valence-electron chi connectivity index (χ3n) is 2.91. The number of oxime groups is 1. The lowest BCUT2D eigenvalue weighted by atomic mass is 9.84. The van der Waals surface area contributed by atoms with Crippen molar-refractivity contribution in [2.75, 3.05) is 6.54 Å². The molecule has 0 bridgehead atoms. The summed E-state index contributed by atoms with van der Waals surface area (Å²) in [5.74, 6) is -1.13. The number of nitrogens with zero attached hydrogens (tertiary/aromatic N) is 1. The lowest BCUT2D eigenvalue weighted by molar-refractivity contribution is -0.129. The Morgan fingerprint density at radius 2 is 1.88 bits per heavy atom. The minimum absolute atomic E-state index is 0.105. The van der Waals surface area contributed by atoms with E-state index in [2.05, 4.69) is 10.5 Å². The smallest absolute Gasteiger partial charge is 0.236 e. The van der Waals surface area contributed by atoms with Gasteiger partial charge in [0.15, 0.2) is 5.84 Å². The molecule has 1 aliphatic carbocycles. The van der Waals surface area contributed by atoms with Crippen LogP contribution in [0.2, 0.25) is 0 Å². The van der Waals surface area contributed by atoms with Crippen molar-refractivity contribution in [3.8, 4) is 0 Å². The molecule has 0 heterocycles. The van der Waals surface area contributed by atoms with Gasteiger partial charge in [0, 0.05) is 0 Å². The molecule has 0 aliphatic heterocycles. The number of amides is 2. The van der Waals surface area contributed by atoms with Crippen LogP contribution in [0.3, 0.4) is 0 Å². The first-order valence-electron chi connectivity index (χ1n) is 5.07. The number of hydrogen-bond acceptors (Lipinski definition) is 4. The minimum atomic E-state index is -0.982. The molecule has 0 unspecified atom stereocenters. The molecule has 1 saturated carbocycles. The van der Waals surface area contributed by atoms with Crippen LogP contribution in [0, 0.1) is 5.41 Å². The van der Waals surface area contributed by atoms with Gasteiger partial charge >= 0.3 is 0 Å². The second-order valence-corrected chi connectivity index (χ2v) is 3.92. The molecule has 1 aliphatic rings. The molecule has 90 valence electrons. The molecule has 0 saturated heterocycles. The first-order chi connectivity index (χ1) is 7.53. The second-order valence-electron chi connectivity index (χ2n) is 3.92. The third kappa shape index (κ3) is 2.23. The maximum atomic E-state index is 11.9. The number of rotatable bonds is 4. The zero-order chi connectivity index (χ0) is 12.2. The van der Waals surface area contributed by atoms with Crippen LogP contribution in [-0.2, 0) is 9.59 Å². The first-order valence-corrected chi connectivity index (χ1v) is 5.07. The molecule has 1 rings (SSSR count). The molecular weight excluding hydrogens is 212 g/mol. The normalized spacial score (nSPS) is 19.4. The lowest BCUT2D eigenvalue weighted by Crippen LogP contribution is -2.49. The van der Waals surface area contributed by atoms with E-state index < -0.39 is 17.2 Å². The van der Waals surface area contributed by atoms with E-state index in [1.54, 1.807) is 0 Å². The average Bonchev–Trinajstić information content (AvgIpc) is 2.74. The summed E-state index contributed by atoms with van der Waals surface area (Å²) in [6, 6.07) is 0. The van der Waals surface area contributed by atoms with Crippen molar-refractivity contribution in [3.05, 3.63) is 0 Å². The van der Waals surface area contributed by atoms with Gasteiger partial charge in [-0.3, -0.25) is 9.59 Å². The van der Waals surface area contributed by atoms with Crippen molar-refractivity contribution in [2.24, 2.45) is 22.0 Å². The van der Waals surface area contributed by atoms with Gasteiger partial charge in [-0.05, 0) is 12.8 Å². The molecule has 7 heteroatoms. The Hall–Kier alpha value is -1.79. The van der Waals surface area contributed by atoms with Crippen molar-refractivity contribution in [2.45, 2.75) is 25.7 Å². The second kappa shape index (κ2) is 4.82.